The van der Waals surface area contributed by atoms with Gasteiger partial charge in [0.1, 0.15) is 0 Å². The van der Waals surface area contributed by atoms with Gasteiger partial charge in [0.25, 0.3) is 0 Å². The molecule has 0 aliphatic heterocycles. The number of hydrogen-bond acceptors (Lipinski definition) is 4. The standard InChI is InChI=1S/C10H11Br2N5/c1-13-8(6-3-7(11)5-14-4-6)9-10(12)15-16-17(9)2/h3-5,8,13H,1-2H3. The molecule has 0 aromatic carbocycles. The molecule has 7 heteroatoms. The molecular formula is C10H11Br2N5. The SMILES string of the molecule is CNC(c1cncc(Br)c1)c1c(Br)nnn1C. The van der Waals surface area contributed by atoms with Gasteiger partial charge in [0.15, 0.2) is 4.60 Å². The van der Waals surface area contributed by atoms with E-state index in [1.54, 1.807) is 10.9 Å². The molecule has 0 aliphatic carbocycles. The van der Waals surface area contributed by atoms with Crippen LogP contribution in [0.4, 0.5) is 0 Å². The highest BCUT2D eigenvalue weighted by molar-refractivity contribution is 9.10. The minimum Gasteiger partial charge on any atom is -0.308 e. The predicted molar refractivity (Wildman–Crippen MR) is 71.5 cm³/mol. The molecule has 2 aromatic heterocycles. The molecule has 0 fully saturated rings. The first-order valence-corrected chi connectivity index (χ1v) is 6.55. The Bertz CT molecular complexity index is 506. The molecule has 1 unspecified atom stereocenters. The van der Waals surface area contributed by atoms with Crippen molar-refractivity contribution in [3.63, 3.8) is 0 Å². The van der Waals surface area contributed by atoms with Crippen LogP contribution in [0.1, 0.15) is 17.3 Å². The zero-order chi connectivity index (χ0) is 12.4. The van der Waals surface area contributed by atoms with Gasteiger partial charge in [-0.3, -0.25) is 4.98 Å². The summed E-state index contributed by atoms with van der Waals surface area (Å²) in [7, 11) is 3.76. The minimum atomic E-state index is -0.00521. The summed E-state index contributed by atoms with van der Waals surface area (Å²) in [6.07, 6.45) is 3.58. The lowest BCUT2D eigenvalue weighted by atomic mass is 10.1. The molecule has 2 heterocycles. The molecule has 5 nitrogen and oxygen atoms in total. The molecule has 0 spiro atoms. The summed E-state index contributed by atoms with van der Waals surface area (Å²) in [5, 5.41) is 11.2. The van der Waals surface area contributed by atoms with E-state index in [1.165, 1.54) is 0 Å². The lowest BCUT2D eigenvalue weighted by Gasteiger charge is -2.16. The molecule has 17 heavy (non-hydrogen) atoms. The van der Waals surface area contributed by atoms with Gasteiger partial charge in [-0.05, 0) is 50.5 Å². The van der Waals surface area contributed by atoms with Gasteiger partial charge in [-0.15, -0.1) is 5.10 Å². The van der Waals surface area contributed by atoms with E-state index in [2.05, 4.69) is 52.5 Å². The van der Waals surface area contributed by atoms with Crippen LogP contribution in [-0.4, -0.2) is 27.0 Å². The molecule has 1 atom stereocenters. The summed E-state index contributed by atoms with van der Waals surface area (Å²) in [4.78, 5) is 4.17. The molecule has 0 saturated carbocycles. The van der Waals surface area contributed by atoms with Gasteiger partial charge >= 0.3 is 0 Å². The first-order valence-electron chi connectivity index (χ1n) is 4.96. The van der Waals surface area contributed by atoms with E-state index in [0.717, 1.165) is 20.3 Å². The number of rotatable bonds is 3. The molecule has 0 bridgehead atoms. The van der Waals surface area contributed by atoms with Crippen LogP contribution in [-0.2, 0) is 7.05 Å². The van der Waals surface area contributed by atoms with Crippen molar-refractivity contribution in [2.45, 2.75) is 6.04 Å². The van der Waals surface area contributed by atoms with E-state index >= 15 is 0 Å². The van der Waals surface area contributed by atoms with Crippen molar-refractivity contribution < 1.29 is 0 Å². The smallest absolute Gasteiger partial charge is 0.153 e. The molecule has 0 aliphatic rings. The fourth-order valence-electron chi connectivity index (χ4n) is 1.69. The largest absolute Gasteiger partial charge is 0.308 e. The molecule has 0 radical (unpaired) electrons. The second-order valence-corrected chi connectivity index (χ2v) is 5.21. The van der Waals surface area contributed by atoms with Gasteiger partial charge in [0, 0.05) is 23.9 Å². The third kappa shape index (κ3) is 2.56. The number of nitrogens with zero attached hydrogens (tertiary/aromatic N) is 4. The summed E-state index contributed by atoms with van der Waals surface area (Å²) in [6.45, 7) is 0. The number of hydrogen-bond donors (Lipinski definition) is 1. The van der Waals surface area contributed by atoms with Crippen LogP contribution >= 0.6 is 31.9 Å². The van der Waals surface area contributed by atoms with Crippen molar-refractivity contribution in [2.75, 3.05) is 7.05 Å². The Kier molecular flexibility index (Phi) is 3.90. The zero-order valence-corrected chi connectivity index (χ0v) is 12.5. The maximum Gasteiger partial charge on any atom is 0.153 e. The van der Waals surface area contributed by atoms with Crippen LogP contribution in [0.15, 0.2) is 27.5 Å². The van der Waals surface area contributed by atoms with Crippen molar-refractivity contribution in [2.24, 2.45) is 7.05 Å². The average molecular weight is 361 g/mol. The number of aryl methyl sites for hydroxylation is 1. The Morgan fingerprint density at radius 1 is 1.35 bits per heavy atom. The second kappa shape index (κ2) is 5.24. The molecule has 2 rings (SSSR count). The third-order valence-electron chi connectivity index (χ3n) is 2.45. The number of pyridine rings is 1. The van der Waals surface area contributed by atoms with Gasteiger partial charge in [-0.1, -0.05) is 5.21 Å². The van der Waals surface area contributed by atoms with Gasteiger partial charge in [0.2, 0.25) is 0 Å². The predicted octanol–water partition coefficient (Wildman–Crippen LogP) is 2.04. The van der Waals surface area contributed by atoms with Crippen LogP contribution in [0, 0.1) is 0 Å². The zero-order valence-electron chi connectivity index (χ0n) is 9.35. The van der Waals surface area contributed by atoms with Crippen molar-refractivity contribution in [1.82, 2.24) is 25.3 Å². The first kappa shape index (κ1) is 12.7. The maximum atomic E-state index is 4.17. The summed E-state index contributed by atoms with van der Waals surface area (Å²) < 4.78 is 3.42. The number of aromatic nitrogens is 4. The topological polar surface area (TPSA) is 55.6 Å². The number of halogens is 2. The molecular weight excluding hydrogens is 350 g/mol. The highest BCUT2D eigenvalue weighted by atomic mass is 79.9. The van der Waals surface area contributed by atoms with Crippen LogP contribution in [0.3, 0.4) is 0 Å². The van der Waals surface area contributed by atoms with Gasteiger partial charge < -0.3 is 5.32 Å². The molecule has 2 aromatic rings. The fourth-order valence-corrected chi connectivity index (χ4v) is 2.63. The highest BCUT2D eigenvalue weighted by Crippen LogP contribution is 2.27. The Balaban J connectivity index is 2.47. The van der Waals surface area contributed by atoms with Crippen molar-refractivity contribution >= 4 is 31.9 Å². The second-order valence-electron chi connectivity index (χ2n) is 3.55. The van der Waals surface area contributed by atoms with Gasteiger partial charge in [0.05, 0.1) is 11.7 Å². The van der Waals surface area contributed by atoms with Crippen LogP contribution < -0.4 is 5.32 Å². The van der Waals surface area contributed by atoms with Gasteiger partial charge in [-0.25, -0.2) is 4.68 Å². The Morgan fingerprint density at radius 2 is 2.12 bits per heavy atom. The van der Waals surface area contributed by atoms with Gasteiger partial charge in [-0.2, -0.15) is 0 Å². The molecule has 90 valence electrons. The van der Waals surface area contributed by atoms with Crippen molar-refractivity contribution in [1.29, 1.82) is 0 Å². The third-order valence-corrected chi connectivity index (χ3v) is 3.45. The van der Waals surface area contributed by atoms with E-state index in [0.29, 0.717) is 0 Å². The van der Waals surface area contributed by atoms with E-state index in [4.69, 9.17) is 0 Å². The quantitative estimate of drug-likeness (QED) is 0.910. The normalized spacial score (nSPS) is 12.7. The Hall–Kier alpha value is -0.790. The molecule has 0 amide bonds. The van der Waals surface area contributed by atoms with E-state index in [-0.39, 0.29) is 6.04 Å². The summed E-state index contributed by atoms with van der Waals surface area (Å²) >= 11 is 6.83. The van der Waals surface area contributed by atoms with E-state index < -0.39 is 0 Å². The lowest BCUT2D eigenvalue weighted by Crippen LogP contribution is -2.21. The first-order chi connectivity index (χ1) is 8.13. The average Bonchev–Trinajstić information content (AvgIpc) is 2.62. The maximum absolute atomic E-state index is 4.17. The fraction of sp³-hybridized carbons (Fsp3) is 0.300. The monoisotopic (exact) mass is 359 g/mol. The highest BCUT2D eigenvalue weighted by Gasteiger charge is 2.20. The minimum absolute atomic E-state index is 0.00521. The van der Waals surface area contributed by atoms with Crippen molar-refractivity contribution in [3.05, 3.63) is 38.8 Å². The number of nitrogens with one attached hydrogen (secondary N) is 1. The Morgan fingerprint density at radius 3 is 2.65 bits per heavy atom. The van der Waals surface area contributed by atoms with Crippen LogP contribution in [0.5, 0.6) is 0 Å². The Labute approximate surface area is 116 Å². The summed E-state index contributed by atoms with van der Waals surface area (Å²) in [5.41, 5.74) is 2.01. The van der Waals surface area contributed by atoms with Crippen LogP contribution in [0.2, 0.25) is 0 Å². The summed E-state index contributed by atoms with van der Waals surface area (Å²) in [5.74, 6) is 0. The van der Waals surface area contributed by atoms with E-state index in [9.17, 15) is 0 Å². The molecule has 0 saturated heterocycles. The molecule has 1 N–H and O–H groups in total. The summed E-state index contributed by atoms with van der Waals surface area (Å²) in [6, 6.07) is 2.02. The lowest BCUT2D eigenvalue weighted by molar-refractivity contribution is 0.595. The van der Waals surface area contributed by atoms with E-state index in [1.807, 2.05) is 26.4 Å². The van der Waals surface area contributed by atoms with Crippen molar-refractivity contribution in [3.8, 4) is 0 Å². The van der Waals surface area contributed by atoms with Crippen LogP contribution in [0.25, 0.3) is 0 Å².